The van der Waals surface area contributed by atoms with Crippen LogP contribution in [0.1, 0.15) is 30.5 Å². The van der Waals surface area contributed by atoms with Gasteiger partial charge in [0.2, 0.25) is 11.7 Å². The smallest absolute Gasteiger partial charge is 0.228 e. The molecule has 1 saturated carbocycles. The summed E-state index contributed by atoms with van der Waals surface area (Å²) < 4.78 is 7.15. The van der Waals surface area contributed by atoms with Crippen LogP contribution in [0.15, 0.2) is 40.9 Å². The van der Waals surface area contributed by atoms with Gasteiger partial charge in [0.25, 0.3) is 0 Å². The van der Waals surface area contributed by atoms with Crippen molar-refractivity contribution in [2.75, 3.05) is 11.9 Å². The average Bonchev–Trinajstić information content (AvgIpc) is 3.26. The number of hydrogen-bond acceptors (Lipinski definition) is 7. The molecule has 1 fully saturated rings. The van der Waals surface area contributed by atoms with Gasteiger partial charge >= 0.3 is 0 Å². The maximum atomic E-state index is 5.90. The lowest BCUT2D eigenvalue weighted by Gasteiger charge is -2.04. The van der Waals surface area contributed by atoms with Crippen molar-refractivity contribution in [3.63, 3.8) is 0 Å². The van der Waals surface area contributed by atoms with Gasteiger partial charge in [-0.3, -0.25) is 0 Å². The van der Waals surface area contributed by atoms with E-state index in [1.54, 1.807) is 12.1 Å². The molecule has 3 aromatic heterocycles. The first-order valence-electron chi connectivity index (χ1n) is 8.81. The Kier molecular flexibility index (Phi) is 3.97. The SMILES string of the molecule is Clc1ccc(-c2noc(CCNc3ccc4nnc(C5CC5)n4n3)n2)cc1. The fourth-order valence-corrected chi connectivity index (χ4v) is 2.99. The second-order valence-corrected chi connectivity index (χ2v) is 6.95. The van der Waals surface area contributed by atoms with E-state index in [-0.39, 0.29) is 0 Å². The van der Waals surface area contributed by atoms with Gasteiger partial charge in [0, 0.05) is 29.5 Å². The van der Waals surface area contributed by atoms with Gasteiger partial charge in [0.15, 0.2) is 11.5 Å². The Bertz CT molecular complexity index is 1080. The number of rotatable bonds is 6. The molecule has 0 saturated heterocycles. The van der Waals surface area contributed by atoms with Crippen molar-refractivity contribution in [2.45, 2.75) is 25.2 Å². The van der Waals surface area contributed by atoms with E-state index in [9.17, 15) is 0 Å². The van der Waals surface area contributed by atoms with Crippen LogP contribution in [0.2, 0.25) is 5.02 Å². The first-order chi connectivity index (χ1) is 13.3. The molecule has 0 bridgehead atoms. The van der Waals surface area contributed by atoms with Crippen LogP contribution in [-0.4, -0.2) is 36.5 Å². The van der Waals surface area contributed by atoms with Crippen LogP contribution in [0, 0.1) is 0 Å². The first kappa shape index (κ1) is 16.2. The molecule has 136 valence electrons. The van der Waals surface area contributed by atoms with E-state index in [2.05, 4.69) is 30.8 Å². The van der Waals surface area contributed by atoms with Crippen molar-refractivity contribution in [2.24, 2.45) is 0 Å². The Labute approximate surface area is 159 Å². The molecule has 3 heterocycles. The molecule has 9 heteroatoms. The van der Waals surface area contributed by atoms with E-state index in [0.29, 0.717) is 35.6 Å². The van der Waals surface area contributed by atoms with Crippen molar-refractivity contribution < 1.29 is 4.52 Å². The molecule has 0 atom stereocenters. The maximum Gasteiger partial charge on any atom is 0.228 e. The Morgan fingerprint density at radius 3 is 2.78 bits per heavy atom. The summed E-state index contributed by atoms with van der Waals surface area (Å²) in [5.74, 6) is 3.32. The Morgan fingerprint density at radius 1 is 1.11 bits per heavy atom. The van der Waals surface area contributed by atoms with Gasteiger partial charge in [0.05, 0.1) is 0 Å². The summed E-state index contributed by atoms with van der Waals surface area (Å²) in [5.41, 5.74) is 1.64. The topological polar surface area (TPSA) is 94.0 Å². The maximum absolute atomic E-state index is 5.90. The van der Waals surface area contributed by atoms with Crippen LogP contribution in [0.25, 0.3) is 17.0 Å². The molecule has 0 unspecified atom stereocenters. The number of benzene rings is 1. The van der Waals surface area contributed by atoms with E-state index >= 15 is 0 Å². The lowest BCUT2D eigenvalue weighted by atomic mass is 10.2. The van der Waals surface area contributed by atoms with Gasteiger partial charge in [-0.1, -0.05) is 16.8 Å². The lowest BCUT2D eigenvalue weighted by molar-refractivity contribution is 0.381. The van der Waals surface area contributed by atoms with E-state index in [1.807, 2.05) is 28.8 Å². The Balaban J connectivity index is 1.24. The molecule has 0 amide bonds. The standard InChI is InChI=1S/C18H16ClN7O/c19-13-5-3-11(4-6-13)17-21-16(27-25-17)9-10-20-14-7-8-15-22-23-18(12-1-2-12)26(15)24-14/h3-8,12H,1-2,9-10H2,(H,20,24). The fourth-order valence-electron chi connectivity index (χ4n) is 2.87. The Morgan fingerprint density at radius 2 is 1.96 bits per heavy atom. The monoisotopic (exact) mass is 381 g/mol. The van der Waals surface area contributed by atoms with Crippen molar-refractivity contribution >= 4 is 23.1 Å². The van der Waals surface area contributed by atoms with Crippen LogP contribution in [0.3, 0.4) is 0 Å². The van der Waals surface area contributed by atoms with Crippen molar-refractivity contribution in [3.05, 3.63) is 53.1 Å². The minimum absolute atomic E-state index is 0.493. The third kappa shape index (κ3) is 3.35. The Hall–Kier alpha value is -3.00. The summed E-state index contributed by atoms with van der Waals surface area (Å²) in [5, 5.41) is 21.0. The summed E-state index contributed by atoms with van der Waals surface area (Å²) >= 11 is 5.90. The predicted molar refractivity (Wildman–Crippen MR) is 99.7 cm³/mol. The second kappa shape index (κ2) is 6.62. The highest BCUT2D eigenvalue weighted by molar-refractivity contribution is 6.30. The zero-order valence-electron chi connectivity index (χ0n) is 14.3. The molecule has 8 nitrogen and oxygen atoms in total. The molecule has 27 heavy (non-hydrogen) atoms. The normalized spacial score (nSPS) is 14.0. The van der Waals surface area contributed by atoms with Gasteiger partial charge in [-0.05, 0) is 49.2 Å². The number of nitrogens with zero attached hydrogens (tertiary/aromatic N) is 6. The third-order valence-corrected chi connectivity index (χ3v) is 4.70. The largest absolute Gasteiger partial charge is 0.368 e. The average molecular weight is 382 g/mol. The molecule has 1 N–H and O–H groups in total. The molecule has 1 aliphatic rings. The lowest BCUT2D eigenvalue weighted by Crippen LogP contribution is -2.09. The molecular weight excluding hydrogens is 366 g/mol. The molecule has 0 spiro atoms. The van der Waals surface area contributed by atoms with E-state index in [1.165, 1.54) is 0 Å². The molecule has 5 rings (SSSR count). The number of aromatic nitrogens is 6. The molecule has 4 aromatic rings. The number of halogens is 1. The highest BCUT2D eigenvalue weighted by Gasteiger charge is 2.29. The van der Waals surface area contributed by atoms with E-state index in [4.69, 9.17) is 16.1 Å². The van der Waals surface area contributed by atoms with Crippen molar-refractivity contribution in [1.82, 2.24) is 30.0 Å². The molecule has 1 aliphatic carbocycles. The van der Waals surface area contributed by atoms with E-state index in [0.717, 1.165) is 35.7 Å². The van der Waals surface area contributed by atoms with Gasteiger partial charge < -0.3 is 9.84 Å². The summed E-state index contributed by atoms with van der Waals surface area (Å²) in [6.07, 6.45) is 2.92. The molecule has 0 aliphatic heterocycles. The minimum Gasteiger partial charge on any atom is -0.368 e. The zero-order valence-corrected chi connectivity index (χ0v) is 15.1. The summed E-state index contributed by atoms with van der Waals surface area (Å²) in [6.45, 7) is 0.627. The highest BCUT2D eigenvalue weighted by Crippen LogP contribution is 2.38. The number of hydrogen-bond donors (Lipinski definition) is 1. The van der Waals surface area contributed by atoms with Crippen LogP contribution >= 0.6 is 11.6 Å². The van der Waals surface area contributed by atoms with Crippen molar-refractivity contribution in [1.29, 1.82) is 0 Å². The number of anilines is 1. The summed E-state index contributed by atoms with van der Waals surface area (Å²) in [4.78, 5) is 4.42. The van der Waals surface area contributed by atoms with E-state index < -0.39 is 0 Å². The van der Waals surface area contributed by atoms with Crippen LogP contribution < -0.4 is 5.32 Å². The molecule has 0 radical (unpaired) electrons. The summed E-state index contributed by atoms with van der Waals surface area (Å²) in [7, 11) is 0. The van der Waals surface area contributed by atoms with Gasteiger partial charge in [-0.2, -0.15) is 9.50 Å². The minimum atomic E-state index is 0.493. The predicted octanol–water partition coefficient (Wildman–Crippen LogP) is 3.36. The van der Waals surface area contributed by atoms with Crippen molar-refractivity contribution in [3.8, 4) is 11.4 Å². The van der Waals surface area contributed by atoms with Crippen LogP contribution in [0.5, 0.6) is 0 Å². The fraction of sp³-hybridized carbons (Fsp3) is 0.278. The summed E-state index contributed by atoms with van der Waals surface area (Å²) in [6, 6.07) is 11.2. The first-order valence-corrected chi connectivity index (χ1v) is 9.19. The van der Waals surface area contributed by atoms with Crippen LogP contribution in [-0.2, 0) is 6.42 Å². The zero-order chi connectivity index (χ0) is 18.2. The number of fused-ring (bicyclic) bond motifs is 1. The highest BCUT2D eigenvalue weighted by atomic mass is 35.5. The second-order valence-electron chi connectivity index (χ2n) is 6.52. The van der Waals surface area contributed by atoms with Gasteiger partial charge in [-0.15, -0.1) is 15.3 Å². The van der Waals surface area contributed by atoms with Gasteiger partial charge in [0.1, 0.15) is 5.82 Å². The molecule has 1 aromatic carbocycles. The van der Waals surface area contributed by atoms with Gasteiger partial charge in [-0.25, -0.2) is 0 Å². The third-order valence-electron chi connectivity index (χ3n) is 4.44. The molecular formula is C18H16ClN7O. The quantitative estimate of drug-likeness (QED) is 0.547. The van der Waals surface area contributed by atoms with Crippen LogP contribution in [0.4, 0.5) is 5.82 Å². The number of nitrogens with one attached hydrogen (secondary N) is 1.